The predicted octanol–water partition coefficient (Wildman–Crippen LogP) is 6.91. The van der Waals surface area contributed by atoms with Crippen LogP contribution in [-0.4, -0.2) is 31.0 Å². The Morgan fingerprint density at radius 2 is 1.65 bits per heavy atom. The number of nitrogens with two attached hydrogens (primary N) is 1. The Morgan fingerprint density at radius 3 is 2.35 bits per heavy atom. The molecule has 0 aliphatic carbocycles. The van der Waals surface area contributed by atoms with Crippen molar-refractivity contribution >= 4 is 50.5 Å². The molecule has 0 atom stereocenters. The number of hydrogen-bond acceptors (Lipinski definition) is 7. The van der Waals surface area contributed by atoms with E-state index in [9.17, 15) is 9.59 Å². The maximum absolute atomic E-state index is 13.4. The number of fused-ring (bicyclic) bond motifs is 2. The fourth-order valence-corrected chi connectivity index (χ4v) is 5.44. The Morgan fingerprint density at radius 1 is 0.900 bits per heavy atom. The lowest BCUT2D eigenvalue weighted by molar-refractivity contribution is 0.100. The number of primary amides is 1. The van der Waals surface area contributed by atoms with Gasteiger partial charge in [-0.1, -0.05) is 32.9 Å². The number of amides is 2. The number of carbonyl (C=O) groups excluding carboxylic acids is 2. The molecule has 0 saturated carbocycles. The van der Waals surface area contributed by atoms with Crippen molar-refractivity contribution in [3.8, 4) is 23.0 Å². The van der Waals surface area contributed by atoms with Gasteiger partial charge < -0.3 is 25.3 Å². The van der Waals surface area contributed by atoms with Crippen LogP contribution in [0.25, 0.3) is 21.7 Å². The molecule has 2 amide bonds. The molecule has 0 aliphatic heterocycles. The number of methoxy groups -OCH3 is 2. The van der Waals surface area contributed by atoms with E-state index in [1.54, 1.807) is 38.6 Å². The summed E-state index contributed by atoms with van der Waals surface area (Å²) in [7, 11) is 3.15. The van der Waals surface area contributed by atoms with Gasteiger partial charge in [0, 0.05) is 28.1 Å². The van der Waals surface area contributed by atoms with Crippen molar-refractivity contribution in [2.24, 2.45) is 5.73 Å². The maximum atomic E-state index is 13.4. The number of nitrogens with zero attached hydrogens (tertiary/aromatic N) is 1. The minimum absolute atomic E-state index is 0.189. The second-order valence-electron chi connectivity index (χ2n) is 10.2. The van der Waals surface area contributed by atoms with Gasteiger partial charge in [0.25, 0.3) is 11.8 Å². The molecule has 5 rings (SSSR count). The van der Waals surface area contributed by atoms with E-state index in [1.807, 2.05) is 63.2 Å². The largest absolute Gasteiger partial charge is 0.493 e. The van der Waals surface area contributed by atoms with Gasteiger partial charge in [-0.2, -0.15) is 0 Å². The normalized spacial score (nSPS) is 11.4. The summed E-state index contributed by atoms with van der Waals surface area (Å²) < 4.78 is 17.1. The lowest BCUT2D eigenvalue weighted by Crippen LogP contribution is -2.16. The van der Waals surface area contributed by atoms with Crippen LogP contribution in [-0.2, 0) is 5.41 Å². The van der Waals surface area contributed by atoms with E-state index in [4.69, 9.17) is 19.9 Å². The number of thiophene rings is 1. The summed E-state index contributed by atoms with van der Waals surface area (Å²) >= 11 is 1.30. The van der Waals surface area contributed by atoms with Crippen LogP contribution in [0.1, 0.15) is 45.7 Å². The van der Waals surface area contributed by atoms with Crippen LogP contribution in [0.15, 0.2) is 66.9 Å². The topological polar surface area (TPSA) is 113 Å². The van der Waals surface area contributed by atoms with Crippen LogP contribution >= 0.6 is 11.3 Å². The highest BCUT2D eigenvalue weighted by Crippen LogP contribution is 2.38. The molecule has 0 fully saturated rings. The summed E-state index contributed by atoms with van der Waals surface area (Å²) in [6, 6.07) is 18.2. The SMILES string of the molecule is COc1cc2nccc(Oc3ccc4c(C(=O)Nc5cc(C(C)(C)C)sc5C(N)=O)cccc4c3)c2cc1OC. The highest BCUT2D eigenvalue weighted by atomic mass is 32.1. The van der Waals surface area contributed by atoms with Gasteiger partial charge in [-0.3, -0.25) is 14.6 Å². The first-order valence-corrected chi connectivity index (χ1v) is 13.4. The lowest BCUT2D eigenvalue weighted by atomic mass is 9.94. The van der Waals surface area contributed by atoms with Crippen molar-refractivity contribution in [2.45, 2.75) is 26.2 Å². The Balaban J connectivity index is 1.46. The molecule has 0 radical (unpaired) electrons. The zero-order chi connectivity index (χ0) is 28.6. The van der Waals surface area contributed by atoms with Crippen LogP contribution in [0, 0.1) is 0 Å². The molecular formula is C31H29N3O5S. The van der Waals surface area contributed by atoms with Gasteiger partial charge in [0.05, 0.1) is 25.4 Å². The Labute approximate surface area is 235 Å². The van der Waals surface area contributed by atoms with Crippen LogP contribution in [0.2, 0.25) is 0 Å². The van der Waals surface area contributed by atoms with Gasteiger partial charge in [0.15, 0.2) is 11.5 Å². The van der Waals surface area contributed by atoms with Gasteiger partial charge in [-0.05, 0) is 58.7 Å². The van der Waals surface area contributed by atoms with Crippen molar-refractivity contribution in [2.75, 3.05) is 19.5 Å². The highest BCUT2D eigenvalue weighted by Gasteiger charge is 2.23. The zero-order valence-corrected chi connectivity index (χ0v) is 23.6. The third-order valence-electron chi connectivity index (χ3n) is 6.47. The monoisotopic (exact) mass is 555 g/mol. The van der Waals surface area contributed by atoms with E-state index in [1.165, 1.54) is 11.3 Å². The Kier molecular flexibility index (Phi) is 7.08. The van der Waals surface area contributed by atoms with Crippen molar-refractivity contribution in [3.05, 3.63) is 82.2 Å². The summed E-state index contributed by atoms with van der Waals surface area (Å²) in [5.74, 6) is 1.44. The van der Waals surface area contributed by atoms with Gasteiger partial charge >= 0.3 is 0 Å². The second-order valence-corrected chi connectivity index (χ2v) is 11.3. The van der Waals surface area contributed by atoms with Crippen molar-refractivity contribution < 1.29 is 23.8 Å². The average molecular weight is 556 g/mol. The molecule has 3 aromatic carbocycles. The molecule has 0 saturated heterocycles. The first-order chi connectivity index (χ1) is 19.1. The zero-order valence-electron chi connectivity index (χ0n) is 22.8. The van der Waals surface area contributed by atoms with Gasteiger partial charge in [-0.15, -0.1) is 11.3 Å². The fraction of sp³-hybridized carbons (Fsp3) is 0.194. The number of aromatic nitrogens is 1. The van der Waals surface area contributed by atoms with E-state index < -0.39 is 5.91 Å². The van der Waals surface area contributed by atoms with E-state index in [-0.39, 0.29) is 11.3 Å². The third kappa shape index (κ3) is 5.15. The minimum atomic E-state index is -0.574. The van der Waals surface area contributed by atoms with Gasteiger partial charge in [0.2, 0.25) is 0 Å². The number of carbonyl (C=O) groups is 2. The second kappa shape index (κ2) is 10.5. The molecule has 204 valence electrons. The first-order valence-electron chi connectivity index (χ1n) is 12.6. The predicted molar refractivity (Wildman–Crippen MR) is 158 cm³/mol. The van der Waals surface area contributed by atoms with Crippen molar-refractivity contribution in [3.63, 3.8) is 0 Å². The van der Waals surface area contributed by atoms with Crippen LogP contribution in [0.5, 0.6) is 23.0 Å². The number of rotatable bonds is 7. The maximum Gasteiger partial charge on any atom is 0.260 e. The quantitative estimate of drug-likeness (QED) is 0.226. The van der Waals surface area contributed by atoms with Crippen LogP contribution < -0.4 is 25.3 Å². The van der Waals surface area contributed by atoms with E-state index in [0.717, 1.165) is 21.0 Å². The van der Waals surface area contributed by atoms with Crippen LogP contribution in [0.4, 0.5) is 5.69 Å². The minimum Gasteiger partial charge on any atom is -0.493 e. The molecular weight excluding hydrogens is 526 g/mol. The van der Waals surface area contributed by atoms with E-state index in [0.29, 0.717) is 44.6 Å². The molecule has 3 N–H and O–H groups in total. The molecule has 40 heavy (non-hydrogen) atoms. The summed E-state index contributed by atoms with van der Waals surface area (Å²) in [6.45, 7) is 6.13. The molecule has 0 unspecified atom stereocenters. The first kappa shape index (κ1) is 27.0. The van der Waals surface area contributed by atoms with Crippen molar-refractivity contribution in [1.82, 2.24) is 4.98 Å². The number of hydrogen-bond donors (Lipinski definition) is 2. The highest BCUT2D eigenvalue weighted by molar-refractivity contribution is 7.14. The third-order valence-corrected chi connectivity index (χ3v) is 8.05. The molecule has 2 heterocycles. The summed E-state index contributed by atoms with van der Waals surface area (Å²) in [5, 5.41) is 5.22. The standard InChI is InChI=1S/C31H29N3O5S/c1-31(2,3)27-16-23(28(40-27)29(32)35)34-30(36)20-8-6-7-17-13-18(9-10-19(17)20)39-24-11-12-33-22-15-26(38-5)25(37-4)14-21(22)24/h6-16H,1-5H3,(H2,32,35)(H,34,36). The molecule has 2 aromatic heterocycles. The van der Waals surface area contributed by atoms with Crippen LogP contribution in [0.3, 0.4) is 0 Å². The summed E-state index contributed by atoms with van der Waals surface area (Å²) in [4.78, 5) is 31.2. The molecule has 5 aromatic rings. The number of nitrogens with one attached hydrogen (secondary N) is 1. The smallest absolute Gasteiger partial charge is 0.260 e. The molecule has 8 nitrogen and oxygen atoms in total. The Bertz CT molecular complexity index is 1770. The number of ether oxygens (including phenoxy) is 3. The fourth-order valence-electron chi connectivity index (χ4n) is 4.41. The Hall–Kier alpha value is -4.63. The number of pyridine rings is 1. The molecule has 9 heteroatoms. The molecule has 0 spiro atoms. The number of benzene rings is 3. The van der Waals surface area contributed by atoms with Crippen molar-refractivity contribution in [1.29, 1.82) is 0 Å². The van der Waals surface area contributed by atoms with E-state index >= 15 is 0 Å². The summed E-state index contributed by atoms with van der Waals surface area (Å²) in [6.07, 6.45) is 1.67. The summed E-state index contributed by atoms with van der Waals surface area (Å²) in [5.41, 5.74) is 7.01. The number of anilines is 1. The van der Waals surface area contributed by atoms with Gasteiger partial charge in [0.1, 0.15) is 16.4 Å². The molecule has 0 bridgehead atoms. The lowest BCUT2D eigenvalue weighted by Gasteiger charge is -2.15. The average Bonchev–Trinajstić information content (AvgIpc) is 3.37. The van der Waals surface area contributed by atoms with E-state index in [2.05, 4.69) is 10.3 Å². The molecule has 0 aliphatic rings. The van der Waals surface area contributed by atoms with Gasteiger partial charge in [-0.25, -0.2) is 0 Å².